The summed E-state index contributed by atoms with van der Waals surface area (Å²) in [6.07, 6.45) is 1.63. The van der Waals surface area contributed by atoms with E-state index in [0.717, 1.165) is 3.70 Å². The molecular weight excluding hydrogens is 304 g/mol. The third-order valence-electron chi connectivity index (χ3n) is 1.79. The highest BCUT2D eigenvalue weighted by molar-refractivity contribution is 14.1. The number of hydrogen-bond acceptors (Lipinski definition) is 2. The van der Waals surface area contributed by atoms with Gasteiger partial charge in [0.15, 0.2) is 0 Å². The van der Waals surface area contributed by atoms with E-state index in [-0.39, 0.29) is 5.69 Å². The van der Waals surface area contributed by atoms with Gasteiger partial charge < -0.3 is 0 Å². The summed E-state index contributed by atoms with van der Waals surface area (Å²) >= 11 is 7.86. The Labute approximate surface area is 92.3 Å². The van der Waals surface area contributed by atoms with Gasteiger partial charge in [0.05, 0.1) is 6.20 Å². The Morgan fingerprint density at radius 2 is 2.31 bits per heavy atom. The Morgan fingerprint density at radius 1 is 1.62 bits per heavy atom. The van der Waals surface area contributed by atoms with Crippen molar-refractivity contribution in [3.8, 4) is 0 Å². The molecule has 0 atom stereocenters. The Hall–Kier alpha value is -0.560. The average Bonchev–Trinajstić information content (AvgIpc) is 2.43. The summed E-state index contributed by atoms with van der Waals surface area (Å²) in [5, 5.41) is 0.388. The first-order valence-corrected chi connectivity index (χ1v) is 4.95. The van der Waals surface area contributed by atoms with Crippen LogP contribution in [-0.2, 0) is 7.05 Å². The third kappa shape index (κ3) is 1.26. The normalized spacial score (nSPS) is 11.0. The van der Waals surface area contributed by atoms with Gasteiger partial charge in [-0.25, -0.2) is 14.2 Å². The summed E-state index contributed by atoms with van der Waals surface area (Å²) in [5.74, 6) is 0. The number of nitrogens with zero attached hydrogens (tertiary/aromatic N) is 3. The molecule has 0 saturated carbocycles. The second-order valence-corrected chi connectivity index (χ2v) is 4.08. The van der Waals surface area contributed by atoms with E-state index in [1.165, 1.54) is 8.97 Å². The van der Waals surface area contributed by atoms with Gasteiger partial charge in [0.25, 0.3) is 0 Å². The van der Waals surface area contributed by atoms with Gasteiger partial charge in [-0.05, 0) is 22.6 Å². The van der Waals surface area contributed by atoms with Gasteiger partial charge in [0, 0.05) is 13.1 Å². The number of halogens is 2. The van der Waals surface area contributed by atoms with Crippen LogP contribution in [0.1, 0.15) is 0 Å². The first-order chi connectivity index (χ1) is 6.11. The van der Waals surface area contributed by atoms with Crippen LogP contribution in [0.2, 0.25) is 5.15 Å². The Morgan fingerprint density at radius 3 is 3.00 bits per heavy atom. The topological polar surface area (TPSA) is 39.3 Å². The van der Waals surface area contributed by atoms with Crippen LogP contribution in [0.3, 0.4) is 0 Å². The van der Waals surface area contributed by atoms with Gasteiger partial charge >= 0.3 is 5.69 Å². The molecule has 0 fully saturated rings. The van der Waals surface area contributed by atoms with Crippen LogP contribution >= 0.6 is 34.2 Å². The standard InChI is InChI=1S/C7H5ClIN3O/c1-11-4(8)2-6-10-3-5(9)12(6)7(11)13/h2-3H,1H3. The summed E-state index contributed by atoms with van der Waals surface area (Å²) in [5.41, 5.74) is 0.405. The van der Waals surface area contributed by atoms with E-state index in [9.17, 15) is 4.79 Å². The molecule has 0 aliphatic rings. The SMILES string of the molecule is Cn1c(Cl)cc2ncc(I)n2c1=O. The van der Waals surface area contributed by atoms with Crippen LogP contribution < -0.4 is 5.69 Å². The molecule has 0 N–H and O–H groups in total. The van der Waals surface area contributed by atoms with Crippen LogP contribution in [-0.4, -0.2) is 14.0 Å². The first-order valence-electron chi connectivity index (χ1n) is 3.50. The van der Waals surface area contributed by atoms with Crippen LogP contribution in [0.4, 0.5) is 0 Å². The summed E-state index contributed by atoms with van der Waals surface area (Å²) in [6.45, 7) is 0. The van der Waals surface area contributed by atoms with E-state index in [0.29, 0.717) is 10.8 Å². The fourth-order valence-corrected chi connectivity index (χ4v) is 1.84. The quantitative estimate of drug-likeness (QED) is 0.543. The van der Waals surface area contributed by atoms with E-state index >= 15 is 0 Å². The summed E-state index contributed by atoms with van der Waals surface area (Å²) in [4.78, 5) is 15.7. The predicted molar refractivity (Wildman–Crippen MR) is 58.2 cm³/mol. The lowest BCUT2D eigenvalue weighted by Crippen LogP contribution is -2.25. The van der Waals surface area contributed by atoms with Crippen LogP contribution in [0, 0.1) is 3.70 Å². The molecule has 2 heterocycles. The fourth-order valence-electron chi connectivity index (χ4n) is 1.08. The molecule has 13 heavy (non-hydrogen) atoms. The van der Waals surface area contributed by atoms with Crippen molar-refractivity contribution in [2.75, 3.05) is 0 Å². The van der Waals surface area contributed by atoms with Crippen molar-refractivity contribution >= 4 is 39.8 Å². The highest BCUT2D eigenvalue weighted by Crippen LogP contribution is 2.10. The average molecular weight is 309 g/mol. The van der Waals surface area contributed by atoms with Crippen molar-refractivity contribution in [1.29, 1.82) is 0 Å². The molecule has 0 aromatic carbocycles. The highest BCUT2D eigenvalue weighted by Gasteiger charge is 2.07. The summed E-state index contributed by atoms with van der Waals surface area (Å²) in [6, 6.07) is 1.66. The van der Waals surface area contributed by atoms with E-state index in [2.05, 4.69) is 27.6 Å². The van der Waals surface area contributed by atoms with Crippen LogP contribution in [0.15, 0.2) is 17.1 Å². The smallest absolute Gasteiger partial charge is 0.287 e. The number of fused-ring (bicyclic) bond motifs is 1. The molecule has 0 aliphatic heterocycles. The largest absolute Gasteiger partial charge is 0.335 e. The van der Waals surface area contributed by atoms with Gasteiger partial charge in [-0.2, -0.15) is 0 Å². The third-order valence-corrected chi connectivity index (χ3v) is 2.92. The first kappa shape index (κ1) is 9.01. The fraction of sp³-hybridized carbons (Fsp3) is 0.143. The molecule has 0 amide bonds. The maximum atomic E-state index is 11.6. The van der Waals surface area contributed by atoms with Crippen molar-refractivity contribution in [3.05, 3.63) is 31.6 Å². The molecule has 68 valence electrons. The maximum Gasteiger partial charge on any atom is 0.335 e. The lowest BCUT2D eigenvalue weighted by atomic mass is 10.6. The molecule has 0 unspecified atom stereocenters. The molecule has 2 aromatic rings. The van der Waals surface area contributed by atoms with E-state index in [1.54, 1.807) is 19.3 Å². The van der Waals surface area contributed by atoms with E-state index < -0.39 is 0 Å². The molecule has 2 rings (SSSR count). The second kappa shape index (κ2) is 2.98. The van der Waals surface area contributed by atoms with Gasteiger partial charge in [0.2, 0.25) is 0 Å². The zero-order chi connectivity index (χ0) is 9.59. The molecule has 6 heteroatoms. The molecule has 0 spiro atoms. The van der Waals surface area contributed by atoms with Gasteiger partial charge in [-0.1, -0.05) is 11.6 Å². The molecule has 2 aromatic heterocycles. The lowest BCUT2D eigenvalue weighted by molar-refractivity contribution is 0.784. The Bertz CT molecular complexity index is 530. The number of hydrogen-bond donors (Lipinski definition) is 0. The minimum atomic E-state index is -0.176. The zero-order valence-electron chi connectivity index (χ0n) is 6.66. The lowest BCUT2D eigenvalue weighted by Gasteiger charge is -2.01. The zero-order valence-corrected chi connectivity index (χ0v) is 9.57. The predicted octanol–water partition coefficient (Wildman–Crippen LogP) is 1.29. The Kier molecular flexibility index (Phi) is 2.07. The number of rotatable bonds is 0. The number of imidazole rings is 1. The molecule has 0 saturated heterocycles. The molecule has 4 nitrogen and oxygen atoms in total. The molecular formula is C7H5ClIN3O. The van der Waals surface area contributed by atoms with Crippen molar-refractivity contribution in [2.24, 2.45) is 7.05 Å². The van der Waals surface area contributed by atoms with Crippen LogP contribution in [0.25, 0.3) is 5.65 Å². The van der Waals surface area contributed by atoms with Gasteiger partial charge in [-0.3, -0.25) is 4.57 Å². The van der Waals surface area contributed by atoms with Crippen molar-refractivity contribution in [2.45, 2.75) is 0 Å². The molecule has 0 aliphatic carbocycles. The maximum absolute atomic E-state index is 11.6. The van der Waals surface area contributed by atoms with Crippen molar-refractivity contribution in [1.82, 2.24) is 14.0 Å². The van der Waals surface area contributed by atoms with E-state index in [1.807, 2.05) is 0 Å². The molecule has 0 bridgehead atoms. The minimum absolute atomic E-state index is 0.176. The number of aromatic nitrogens is 3. The monoisotopic (exact) mass is 309 g/mol. The van der Waals surface area contributed by atoms with Crippen molar-refractivity contribution < 1.29 is 0 Å². The van der Waals surface area contributed by atoms with Gasteiger partial charge in [-0.15, -0.1) is 0 Å². The minimum Gasteiger partial charge on any atom is -0.287 e. The summed E-state index contributed by atoms with van der Waals surface area (Å²) < 4.78 is 3.66. The Balaban J connectivity index is 3.06. The second-order valence-electron chi connectivity index (χ2n) is 2.58. The highest BCUT2D eigenvalue weighted by atomic mass is 127. The van der Waals surface area contributed by atoms with Crippen LogP contribution in [0.5, 0.6) is 0 Å². The van der Waals surface area contributed by atoms with Gasteiger partial charge in [0.1, 0.15) is 14.5 Å². The summed E-state index contributed by atoms with van der Waals surface area (Å²) in [7, 11) is 1.63. The molecule has 0 radical (unpaired) electrons. The van der Waals surface area contributed by atoms with E-state index in [4.69, 9.17) is 11.6 Å². The van der Waals surface area contributed by atoms with Crippen molar-refractivity contribution in [3.63, 3.8) is 0 Å².